The molecule has 0 spiro atoms. The normalized spacial score (nSPS) is 13.7. The van der Waals surface area contributed by atoms with E-state index in [1.807, 2.05) is 109 Å². The number of aryl methyl sites for hydroxylation is 1. The zero-order valence-corrected chi connectivity index (χ0v) is 44.5. The second-order valence-electron chi connectivity index (χ2n) is 20.3. The first-order valence-corrected chi connectivity index (χ1v) is 27.2. The number of nitrogens with zero attached hydrogens (tertiary/aromatic N) is 4. The van der Waals surface area contributed by atoms with Crippen LogP contribution in [-0.4, -0.2) is 54.7 Å². The van der Waals surface area contributed by atoms with Crippen LogP contribution in [0.2, 0.25) is 0 Å². The van der Waals surface area contributed by atoms with Gasteiger partial charge in [0.25, 0.3) is 11.8 Å². The summed E-state index contributed by atoms with van der Waals surface area (Å²) in [5, 5.41) is 13.5. The van der Waals surface area contributed by atoms with Crippen molar-refractivity contribution in [3.63, 3.8) is 0 Å². The molecule has 2 amide bonds. The van der Waals surface area contributed by atoms with Gasteiger partial charge < -0.3 is 49.1 Å². The summed E-state index contributed by atoms with van der Waals surface area (Å²) in [4.78, 5) is 38.3. The average Bonchev–Trinajstić information content (AvgIpc) is 3.60. The lowest BCUT2D eigenvalue weighted by Crippen LogP contribution is -2.41. The van der Waals surface area contributed by atoms with Crippen LogP contribution in [0.4, 0.5) is 45.5 Å². The number of carbonyl (C=O) groups excluding carboxylic acids is 2. The predicted octanol–water partition coefficient (Wildman–Crippen LogP) is 11.4. The van der Waals surface area contributed by atoms with Crippen molar-refractivity contribution in [2.75, 3.05) is 59.3 Å². The Morgan fingerprint density at radius 3 is 1.72 bits per heavy atom. The Morgan fingerprint density at radius 2 is 1.09 bits per heavy atom. The molecule has 2 aliphatic rings. The third-order valence-corrected chi connectivity index (χ3v) is 14.7. The number of fused-ring (bicyclic) bond motifs is 4. The van der Waals surface area contributed by atoms with Crippen molar-refractivity contribution in [3.8, 4) is 16.8 Å². The number of carbonyl (C=O) groups is 2. The van der Waals surface area contributed by atoms with Gasteiger partial charge in [-0.1, -0.05) is 86.3 Å². The Morgan fingerprint density at radius 1 is 0.564 bits per heavy atom. The van der Waals surface area contributed by atoms with E-state index in [0.717, 1.165) is 149 Å². The quantitative estimate of drug-likeness (QED) is 0.0147. The van der Waals surface area contributed by atoms with Crippen molar-refractivity contribution in [2.45, 2.75) is 71.3 Å². The number of allylic oxidation sites excluding steroid dienone is 1. The summed E-state index contributed by atoms with van der Waals surface area (Å²) < 4.78 is 2.19. The Balaban J connectivity index is 0.613. The number of anilines is 7. The number of hydrogen-bond donors (Lipinski definition) is 8. The van der Waals surface area contributed by atoms with E-state index in [2.05, 4.69) is 93.1 Å². The fraction of sp³-hybridized carbons (Fsp3) is 0.234. The number of amides is 2. The highest BCUT2D eigenvalue weighted by Gasteiger charge is 2.33. The Kier molecular flexibility index (Phi) is 15.9. The van der Waals surface area contributed by atoms with E-state index in [-0.39, 0.29) is 17.9 Å². The van der Waals surface area contributed by atoms with Crippen molar-refractivity contribution >= 4 is 85.1 Å². The minimum absolute atomic E-state index is 0.0820. The van der Waals surface area contributed by atoms with E-state index in [9.17, 15) is 9.59 Å². The maximum absolute atomic E-state index is 13.0. The molecule has 0 bridgehead atoms. The molecule has 2 heterocycles. The van der Waals surface area contributed by atoms with Crippen LogP contribution in [0.3, 0.4) is 0 Å². The largest absolute Gasteiger partial charge is 0.397 e. The van der Waals surface area contributed by atoms with E-state index < -0.39 is 0 Å². The monoisotopic (exact) mass is 1040 g/mol. The van der Waals surface area contributed by atoms with Crippen LogP contribution in [0.25, 0.3) is 38.9 Å². The Hall–Kier alpha value is -9.17. The molecule has 8 aromatic rings. The van der Waals surface area contributed by atoms with Crippen LogP contribution in [0.1, 0.15) is 84.6 Å². The van der Waals surface area contributed by atoms with Gasteiger partial charge in [0.2, 0.25) is 16.7 Å². The number of aliphatic imine (C=N–C) groups is 1. The smallest absolute Gasteiger partial charge is 0.251 e. The number of nitrogen functional groups attached to an aromatic ring is 4. The zero-order valence-electron chi connectivity index (χ0n) is 44.5. The Bertz CT molecular complexity index is 3580. The summed E-state index contributed by atoms with van der Waals surface area (Å²) in [7, 11) is 0. The molecule has 396 valence electrons. The number of rotatable bonds is 21. The first-order valence-electron chi connectivity index (χ1n) is 27.2. The van der Waals surface area contributed by atoms with Crippen LogP contribution < -0.4 is 53.7 Å². The van der Waals surface area contributed by atoms with Crippen molar-refractivity contribution in [2.24, 2.45) is 4.99 Å². The fourth-order valence-corrected chi connectivity index (χ4v) is 10.4. The van der Waals surface area contributed by atoms with E-state index >= 15 is 0 Å². The maximum atomic E-state index is 13.0. The molecule has 14 heteroatoms. The van der Waals surface area contributed by atoms with Gasteiger partial charge in [-0.25, -0.2) is 9.98 Å². The molecule has 12 N–H and O–H groups in total. The van der Waals surface area contributed by atoms with E-state index in [1.54, 1.807) is 0 Å². The molecular weight excluding hydrogens is 969 g/mol. The van der Waals surface area contributed by atoms with Gasteiger partial charge in [-0.3, -0.25) is 9.59 Å². The molecule has 14 nitrogen and oxygen atoms in total. The van der Waals surface area contributed by atoms with Crippen LogP contribution >= 0.6 is 0 Å². The lowest BCUT2D eigenvalue weighted by atomic mass is 9.93. The van der Waals surface area contributed by atoms with Crippen molar-refractivity contribution in [1.29, 1.82) is 0 Å². The summed E-state index contributed by atoms with van der Waals surface area (Å²) in [5.41, 5.74) is 42.9. The van der Waals surface area contributed by atoms with E-state index in [4.69, 9.17) is 32.9 Å². The minimum atomic E-state index is -0.0939. The number of nitrogens with one attached hydrogen (secondary N) is 4. The molecule has 1 aromatic heterocycles. The van der Waals surface area contributed by atoms with Gasteiger partial charge >= 0.3 is 0 Å². The van der Waals surface area contributed by atoms with Crippen LogP contribution in [0.5, 0.6) is 0 Å². The first kappa shape index (κ1) is 52.3. The molecule has 78 heavy (non-hydrogen) atoms. The number of nitrogens with two attached hydrogens (primary N) is 4. The topological polar surface area (TPSA) is 219 Å². The van der Waals surface area contributed by atoms with Gasteiger partial charge in [0.15, 0.2) is 0 Å². The highest BCUT2D eigenvalue weighted by atomic mass is 16.2. The second-order valence-corrected chi connectivity index (χ2v) is 20.3. The van der Waals surface area contributed by atoms with Gasteiger partial charge in [0.05, 0.1) is 45.9 Å². The van der Waals surface area contributed by atoms with Crippen LogP contribution in [0, 0.1) is 6.92 Å². The Labute approximate surface area is 456 Å². The molecule has 0 saturated carbocycles. The van der Waals surface area contributed by atoms with Gasteiger partial charge in [-0.15, -0.1) is 4.57 Å². The standard InChI is InChI=1S/C64H68N12O2/c1-41-33-55-61(75(47-17-9-7-10-18-47)59-37-51(67)49(65)35-57(59)73-55)39-53(41)69-29-13-3-5-15-31-71-63(77)45-25-21-43(22-26-45)44-23-27-46(28-24-44)64(78)72-32-16-6-4-14-30-70-54-40-62-56(34-42(54)2)74-58-36-50(66)52(68)38-60(58)76(62)48-19-11-8-12-20-48/h7-12,17-28,33-40,61,69H,3-6,13-16,29-32H2,1-2H3,(H10,65,66,67,68,70,71,72,74,77,78)/p+1. The third-order valence-electron chi connectivity index (χ3n) is 14.7. The fourth-order valence-electron chi connectivity index (χ4n) is 10.4. The van der Waals surface area contributed by atoms with Crippen LogP contribution in [0.15, 0.2) is 174 Å². The molecule has 10 rings (SSSR count). The van der Waals surface area contributed by atoms with Gasteiger partial charge in [-0.05, 0) is 135 Å². The summed E-state index contributed by atoms with van der Waals surface area (Å²) in [6.45, 7) is 7.12. The number of unbranched alkanes of at least 4 members (excludes halogenated alkanes) is 6. The van der Waals surface area contributed by atoms with Gasteiger partial charge in [0, 0.05) is 78.6 Å². The number of benzene rings is 7. The molecule has 1 unspecified atom stereocenters. The first-order chi connectivity index (χ1) is 38.0. The third kappa shape index (κ3) is 11.8. The number of hydrogen-bond acceptors (Lipinski definition) is 11. The second kappa shape index (κ2) is 23.8. The molecule has 1 aliphatic carbocycles. The number of aromatic nitrogens is 2. The maximum Gasteiger partial charge on any atom is 0.251 e. The molecule has 1 aliphatic heterocycles. The molecule has 7 aromatic carbocycles. The molecule has 0 fully saturated rings. The van der Waals surface area contributed by atoms with Crippen LogP contribution in [-0.2, 0) is 0 Å². The summed E-state index contributed by atoms with van der Waals surface area (Å²) >= 11 is 0. The summed E-state index contributed by atoms with van der Waals surface area (Å²) in [5.74, 6) is -0.166. The van der Waals surface area contributed by atoms with Crippen molar-refractivity contribution in [1.82, 2.24) is 20.9 Å². The van der Waals surface area contributed by atoms with E-state index in [1.165, 1.54) is 0 Å². The molecule has 1 atom stereocenters. The predicted molar refractivity (Wildman–Crippen MR) is 321 cm³/mol. The van der Waals surface area contributed by atoms with Crippen molar-refractivity contribution in [3.05, 3.63) is 186 Å². The molecule has 0 radical (unpaired) electrons. The van der Waals surface area contributed by atoms with E-state index in [0.29, 0.717) is 47.0 Å². The number of para-hydroxylation sites is 2. The minimum Gasteiger partial charge on any atom is -0.397 e. The summed E-state index contributed by atoms with van der Waals surface area (Å²) in [6.07, 6.45) is 12.3. The zero-order chi connectivity index (χ0) is 54.1. The lowest BCUT2D eigenvalue weighted by Gasteiger charge is -2.38. The highest BCUT2D eigenvalue weighted by Crippen LogP contribution is 2.44. The summed E-state index contributed by atoms with van der Waals surface area (Å²) in [6, 6.07) is 47.5. The SMILES string of the molecule is CC1=CC2=Nc3cc(N)c(N)cc3N(c3ccccc3)C2C=C1NCCCCCCNC(=O)c1ccc(-c2ccc(C(=O)NCCCCCCNc3cc4c(cc3C)nc3cc(N)c(N)cc3[n+]4-c3ccccc3)cc2)cc1. The average molecular weight is 1040 g/mol. The van der Waals surface area contributed by atoms with Crippen molar-refractivity contribution < 1.29 is 14.2 Å². The highest BCUT2D eigenvalue weighted by molar-refractivity contribution is 6.11. The lowest BCUT2D eigenvalue weighted by molar-refractivity contribution is -0.538. The van der Waals surface area contributed by atoms with Gasteiger partial charge in [0.1, 0.15) is 11.0 Å². The van der Waals surface area contributed by atoms with Gasteiger partial charge in [-0.2, -0.15) is 0 Å². The molecular formula is C64H69N12O2+. The molecule has 0 saturated heterocycles.